The largest absolute Gasteiger partial charge is 0.480 e. The van der Waals surface area contributed by atoms with Crippen LogP contribution in [0.15, 0.2) is 28.7 Å². The number of hydrogen-bond acceptors (Lipinski definition) is 3. The molecule has 5 nitrogen and oxygen atoms in total. The zero-order valence-corrected chi connectivity index (χ0v) is 14.8. The smallest absolute Gasteiger partial charge is 0.326 e. The van der Waals surface area contributed by atoms with Gasteiger partial charge in [0, 0.05) is 30.7 Å². The van der Waals surface area contributed by atoms with Crippen LogP contribution < -0.4 is 0 Å². The fourth-order valence-electron chi connectivity index (χ4n) is 3.04. The quantitative estimate of drug-likeness (QED) is 0.785. The minimum absolute atomic E-state index is 0.0769. The number of carbonyl (C=O) groups is 2. The molecule has 1 aliphatic heterocycles. The number of ether oxygens (including phenoxy) is 1. The molecule has 23 heavy (non-hydrogen) atoms. The summed E-state index contributed by atoms with van der Waals surface area (Å²) in [5, 5.41) is 9.29. The predicted octanol–water partition coefficient (Wildman–Crippen LogP) is 2.72. The summed E-state index contributed by atoms with van der Waals surface area (Å²) in [5.41, 5.74) is 1.06. The van der Waals surface area contributed by atoms with Crippen molar-refractivity contribution in [3.8, 4) is 0 Å². The Hall–Kier alpha value is -1.40. The van der Waals surface area contributed by atoms with Crippen molar-refractivity contribution in [3.05, 3.63) is 34.3 Å². The van der Waals surface area contributed by atoms with Gasteiger partial charge in [-0.1, -0.05) is 28.1 Å². The summed E-state index contributed by atoms with van der Waals surface area (Å²) in [7, 11) is 1.61. The van der Waals surface area contributed by atoms with E-state index in [0.717, 1.165) is 16.5 Å². The minimum Gasteiger partial charge on any atom is -0.480 e. The highest BCUT2D eigenvalue weighted by Crippen LogP contribution is 2.24. The molecule has 0 saturated carbocycles. The Morgan fingerprint density at radius 1 is 1.48 bits per heavy atom. The maximum absolute atomic E-state index is 12.9. The van der Waals surface area contributed by atoms with E-state index in [2.05, 4.69) is 15.9 Å². The third kappa shape index (κ3) is 4.78. The Kier molecular flexibility index (Phi) is 6.59. The summed E-state index contributed by atoms with van der Waals surface area (Å²) in [6.07, 6.45) is 2.46. The van der Waals surface area contributed by atoms with Crippen molar-refractivity contribution >= 4 is 27.8 Å². The number of aliphatic carboxylic acids is 1. The molecule has 0 aliphatic carbocycles. The van der Waals surface area contributed by atoms with Gasteiger partial charge in [0.15, 0.2) is 0 Å². The molecular formula is C17H22BrNO4. The Labute approximate surface area is 144 Å². The Bertz CT molecular complexity index is 563. The van der Waals surface area contributed by atoms with Crippen LogP contribution in [0.5, 0.6) is 0 Å². The van der Waals surface area contributed by atoms with Gasteiger partial charge < -0.3 is 14.7 Å². The van der Waals surface area contributed by atoms with Crippen LogP contribution in [0.3, 0.4) is 0 Å². The van der Waals surface area contributed by atoms with Crippen LogP contribution in [-0.2, 0) is 20.7 Å². The number of carboxylic acid groups (broad SMARTS) is 1. The second kappa shape index (κ2) is 8.45. The van der Waals surface area contributed by atoms with Crippen LogP contribution in [0, 0.1) is 5.92 Å². The monoisotopic (exact) mass is 383 g/mol. The summed E-state index contributed by atoms with van der Waals surface area (Å²) in [6.45, 7) is 1.01. The summed E-state index contributed by atoms with van der Waals surface area (Å²) >= 11 is 3.44. The van der Waals surface area contributed by atoms with E-state index in [1.807, 2.05) is 24.3 Å². The molecule has 0 bridgehead atoms. The van der Waals surface area contributed by atoms with Crippen LogP contribution in [0.4, 0.5) is 0 Å². The first-order chi connectivity index (χ1) is 11.0. The molecule has 0 aromatic heterocycles. The third-order valence-electron chi connectivity index (χ3n) is 4.21. The van der Waals surface area contributed by atoms with E-state index in [0.29, 0.717) is 32.4 Å². The van der Waals surface area contributed by atoms with E-state index in [-0.39, 0.29) is 11.8 Å². The lowest BCUT2D eigenvalue weighted by Crippen LogP contribution is -2.44. The van der Waals surface area contributed by atoms with Crippen LogP contribution in [0.1, 0.15) is 24.8 Å². The minimum atomic E-state index is -0.913. The highest BCUT2D eigenvalue weighted by molar-refractivity contribution is 9.10. The van der Waals surface area contributed by atoms with Crippen molar-refractivity contribution < 1.29 is 19.4 Å². The topological polar surface area (TPSA) is 66.8 Å². The summed E-state index contributed by atoms with van der Waals surface area (Å²) in [6, 6.07) is 7.17. The molecule has 6 heteroatoms. The molecular weight excluding hydrogens is 362 g/mol. The number of methoxy groups -OCH3 is 1. The molecule has 1 aromatic rings. The molecule has 1 aromatic carbocycles. The third-order valence-corrected chi connectivity index (χ3v) is 4.70. The number of amides is 1. The second-order valence-corrected chi connectivity index (χ2v) is 6.76. The number of carboxylic acids is 1. The number of halogens is 1. The van der Waals surface area contributed by atoms with Gasteiger partial charge in [0.2, 0.25) is 5.91 Å². The molecule has 1 heterocycles. The molecule has 0 spiro atoms. The fourth-order valence-corrected chi connectivity index (χ4v) is 3.49. The number of benzene rings is 1. The molecule has 1 aliphatic rings. The summed E-state index contributed by atoms with van der Waals surface area (Å²) in [4.78, 5) is 25.7. The maximum Gasteiger partial charge on any atom is 0.326 e. The molecule has 1 fully saturated rings. The van der Waals surface area contributed by atoms with Crippen LogP contribution in [0.25, 0.3) is 0 Å². The highest BCUT2D eigenvalue weighted by atomic mass is 79.9. The summed E-state index contributed by atoms with van der Waals surface area (Å²) < 4.78 is 6.09. The van der Waals surface area contributed by atoms with Crippen molar-refractivity contribution in [2.45, 2.75) is 31.7 Å². The molecule has 1 amide bonds. The van der Waals surface area contributed by atoms with Gasteiger partial charge >= 0.3 is 5.97 Å². The zero-order chi connectivity index (χ0) is 16.8. The average Bonchev–Trinajstić information content (AvgIpc) is 3.00. The molecule has 2 atom stereocenters. The first kappa shape index (κ1) is 17.9. The lowest BCUT2D eigenvalue weighted by Gasteiger charge is -2.27. The Balaban J connectivity index is 2.13. The fraction of sp³-hybridized carbons (Fsp3) is 0.529. The van der Waals surface area contributed by atoms with Gasteiger partial charge in [-0.2, -0.15) is 0 Å². The summed E-state index contributed by atoms with van der Waals surface area (Å²) in [5.74, 6) is -1.25. The van der Waals surface area contributed by atoms with E-state index in [9.17, 15) is 14.7 Å². The van der Waals surface area contributed by atoms with E-state index < -0.39 is 12.0 Å². The first-order valence-corrected chi connectivity index (χ1v) is 8.59. The SMILES string of the molecule is COCCC(Cc1cccc(Br)c1)C(=O)N1CCCC1C(=O)O. The lowest BCUT2D eigenvalue weighted by atomic mass is 9.94. The van der Waals surface area contributed by atoms with Crippen molar-refractivity contribution in [2.75, 3.05) is 20.3 Å². The second-order valence-electron chi connectivity index (χ2n) is 5.84. The molecule has 1 N–H and O–H groups in total. The van der Waals surface area contributed by atoms with E-state index in [1.165, 1.54) is 4.90 Å². The van der Waals surface area contributed by atoms with Crippen LogP contribution in [-0.4, -0.2) is 48.2 Å². The predicted molar refractivity (Wildman–Crippen MR) is 90.2 cm³/mol. The van der Waals surface area contributed by atoms with E-state index >= 15 is 0 Å². The highest BCUT2D eigenvalue weighted by Gasteiger charge is 2.36. The van der Waals surface area contributed by atoms with Crippen molar-refractivity contribution in [2.24, 2.45) is 5.92 Å². The van der Waals surface area contributed by atoms with Gasteiger partial charge in [0.25, 0.3) is 0 Å². The van der Waals surface area contributed by atoms with Crippen LogP contribution >= 0.6 is 15.9 Å². The van der Waals surface area contributed by atoms with Crippen molar-refractivity contribution in [3.63, 3.8) is 0 Å². The number of rotatable bonds is 7. The average molecular weight is 384 g/mol. The molecule has 126 valence electrons. The van der Waals surface area contributed by atoms with Gasteiger partial charge in [-0.25, -0.2) is 4.79 Å². The standard InChI is InChI=1S/C17H22BrNO4/c1-23-9-7-13(10-12-4-2-5-14(18)11-12)16(20)19-8-3-6-15(19)17(21)22/h2,4-5,11,13,15H,3,6-10H2,1H3,(H,21,22). The Morgan fingerprint density at radius 2 is 2.26 bits per heavy atom. The van der Waals surface area contributed by atoms with Gasteiger partial charge in [-0.05, 0) is 43.4 Å². The van der Waals surface area contributed by atoms with Gasteiger partial charge in [0.1, 0.15) is 6.04 Å². The number of hydrogen-bond donors (Lipinski definition) is 1. The molecule has 1 saturated heterocycles. The molecule has 0 radical (unpaired) electrons. The van der Waals surface area contributed by atoms with Gasteiger partial charge in [0.05, 0.1) is 0 Å². The maximum atomic E-state index is 12.9. The van der Waals surface area contributed by atoms with E-state index in [1.54, 1.807) is 7.11 Å². The molecule has 2 rings (SSSR count). The normalized spacial score (nSPS) is 18.9. The van der Waals surface area contributed by atoms with Crippen molar-refractivity contribution in [1.82, 2.24) is 4.90 Å². The lowest BCUT2D eigenvalue weighted by molar-refractivity contribution is -0.150. The number of nitrogens with zero attached hydrogens (tertiary/aromatic N) is 1. The van der Waals surface area contributed by atoms with Crippen LogP contribution in [0.2, 0.25) is 0 Å². The molecule has 2 unspecified atom stereocenters. The van der Waals surface area contributed by atoms with Crippen molar-refractivity contribution in [1.29, 1.82) is 0 Å². The van der Waals surface area contributed by atoms with Gasteiger partial charge in [-0.15, -0.1) is 0 Å². The zero-order valence-electron chi connectivity index (χ0n) is 13.2. The van der Waals surface area contributed by atoms with E-state index in [4.69, 9.17) is 4.74 Å². The first-order valence-electron chi connectivity index (χ1n) is 7.79. The number of carbonyl (C=O) groups excluding carboxylic acids is 1. The number of likely N-dealkylation sites (tertiary alicyclic amines) is 1. The van der Waals surface area contributed by atoms with Gasteiger partial charge in [-0.3, -0.25) is 4.79 Å². The Morgan fingerprint density at radius 3 is 2.91 bits per heavy atom.